The SMILES string of the molecule is CCOCCS(=O)(=O)NC1(CO)CCC1. The molecule has 1 fully saturated rings. The largest absolute Gasteiger partial charge is 0.394 e. The molecule has 0 saturated heterocycles. The molecule has 2 N–H and O–H groups in total. The van der Waals surface area contributed by atoms with Crippen LogP contribution in [0.15, 0.2) is 0 Å². The van der Waals surface area contributed by atoms with E-state index in [1.807, 2.05) is 6.92 Å². The van der Waals surface area contributed by atoms with Crippen molar-refractivity contribution >= 4 is 10.0 Å². The standard InChI is InChI=1S/C9H19NO4S/c1-2-14-6-7-15(12,13)10-9(8-11)4-3-5-9/h10-11H,2-8H2,1H3. The molecule has 0 aromatic heterocycles. The van der Waals surface area contributed by atoms with Gasteiger partial charge in [-0.1, -0.05) is 0 Å². The molecule has 1 aliphatic rings. The highest BCUT2D eigenvalue weighted by Crippen LogP contribution is 2.31. The molecule has 15 heavy (non-hydrogen) atoms. The maximum atomic E-state index is 11.6. The first kappa shape index (κ1) is 12.9. The Morgan fingerprint density at radius 3 is 2.53 bits per heavy atom. The molecule has 0 aliphatic heterocycles. The summed E-state index contributed by atoms with van der Waals surface area (Å²) < 4.78 is 30.7. The Hall–Kier alpha value is -0.170. The summed E-state index contributed by atoms with van der Waals surface area (Å²) in [4.78, 5) is 0. The molecule has 0 unspecified atom stereocenters. The molecule has 1 saturated carbocycles. The number of aliphatic hydroxyl groups is 1. The zero-order chi connectivity index (χ0) is 11.4. The van der Waals surface area contributed by atoms with Crippen molar-refractivity contribution in [2.24, 2.45) is 0 Å². The fraction of sp³-hybridized carbons (Fsp3) is 1.00. The summed E-state index contributed by atoms with van der Waals surface area (Å²) >= 11 is 0. The monoisotopic (exact) mass is 237 g/mol. The van der Waals surface area contributed by atoms with Gasteiger partial charge in [0.15, 0.2) is 0 Å². The maximum absolute atomic E-state index is 11.6. The Morgan fingerprint density at radius 2 is 2.13 bits per heavy atom. The van der Waals surface area contributed by atoms with Gasteiger partial charge < -0.3 is 9.84 Å². The molecule has 0 radical (unpaired) electrons. The van der Waals surface area contributed by atoms with Gasteiger partial charge in [-0.15, -0.1) is 0 Å². The molecule has 0 atom stereocenters. The number of nitrogens with one attached hydrogen (secondary N) is 1. The Morgan fingerprint density at radius 1 is 1.47 bits per heavy atom. The van der Waals surface area contributed by atoms with E-state index in [2.05, 4.69) is 4.72 Å². The van der Waals surface area contributed by atoms with Gasteiger partial charge in [0.25, 0.3) is 0 Å². The fourth-order valence-corrected chi connectivity index (χ4v) is 2.96. The summed E-state index contributed by atoms with van der Waals surface area (Å²) in [6.07, 6.45) is 2.41. The predicted molar refractivity (Wildman–Crippen MR) is 57.1 cm³/mol. The molecule has 0 heterocycles. The molecular formula is C9H19NO4S. The number of sulfonamides is 1. The molecular weight excluding hydrogens is 218 g/mol. The van der Waals surface area contributed by atoms with Gasteiger partial charge in [0, 0.05) is 6.61 Å². The number of rotatable bonds is 7. The van der Waals surface area contributed by atoms with Gasteiger partial charge in [0.1, 0.15) is 0 Å². The number of hydrogen-bond donors (Lipinski definition) is 2. The van der Waals surface area contributed by atoms with Crippen LogP contribution >= 0.6 is 0 Å². The van der Waals surface area contributed by atoms with Crippen LogP contribution in [0.4, 0.5) is 0 Å². The molecule has 1 aliphatic carbocycles. The second-order valence-corrected chi connectivity index (χ2v) is 5.75. The van der Waals surface area contributed by atoms with E-state index in [-0.39, 0.29) is 19.0 Å². The van der Waals surface area contributed by atoms with E-state index in [4.69, 9.17) is 9.84 Å². The average molecular weight is 237 g/mol. The molecule has 0 aromatic carbocycles. The van der Waals surface area contributed by atoms with Crippen LogP contribution in [0.5, 0.6) is 0 Å². The zero-order valence-electron chi connectivity index (χ0n) is 9.03. The van der Waals surface area contributed by atoms with Crippen molar-refractivity contribution in [2.75, 3.05) is 25.6 Å². The third-order valence-corrected chi connectivity index (χ3v) is 4.13. The molecule has 1 rings (SSSR count). The summed E-state index contributed by atoms with van der Waals surface area (Å²) in [6.45, 7) is 2.41. The van der Waals surface area contributed by atoms with E-state index in [9.17, 15) is 8.42 Å². The lowest BCUT2D eigenvalue weighted by Gasteiger charge is -2.40. The lowest BCUT2D eigenvalue weighted by Crippen LogP contribution is -2.56. The van der Waals surface area contributed by atoms with Crippen LogP contribution in [0.3, 0.4) is 0 Å². The van der Waals surface area contributed by atoms with E-state index in [1.54, 1.807) is 0 Å². The normalized spacial score (nSPS) is 19.9. The molecule has 0 bridgehead atoms. The van der Waals surface area contributed by atoms with Crippen LogP contribution < -0.4 is 4.72 Å². The van der Waals surface area contributed by atoms with Crippen molar-refractivity contribution in [1.82, 2.24) is 4.72 Å². The number of ether oxygens (including phenoxy) is 1. The molecule has 0 amide bonds. The first-order chi connectivity index (χ1) is 7.04. The molecule has 5 nitrogen and oxygen atoms in total. The fourth-order valence-electron chi connectivity index (χ4n) is 1.59. The van der Waals surface area contributed by atoms with Crippen LogP contribution in [0.1, 0.15) is 26.2 Å². The van der Waals surface area contributed by atoms with E-state index in [0.29, 0.717) is 6.61 Å². The summed E-state index contributed by atoms with van der Waals surface area (Å²) in [5.41, 5.74) is -0.592. The van der Waals surface area contributed by atoms with Gasteiger partial charge in [-0.2, -0.15) is 0 Å². The minimum absolute atomic E-state index is 0.0391. The highest BCUT2D eigenvalue weighted by molar-refractivity contribution is 7.89. The third-order valence-electron chi connectivity index (χ3n) is 2.69. The first-order valence-electron chi connectivity index (χ1n) is 5.24. The topological polar surface area (TPSA) is 75.6 Å². The Kier molecular flexibility index (Phi) is 4.51. The summed E-state index contributed by atoms with van der Waals surface area (Å²) in [5.74, 6) is -0.0391. The van der Waals surface area contributed by atoms with Crippen molar-refractivity contribution in [3.05, 3.63) is 0 Å². The minimum Gasteiger partial charge on any atom is -0.394 e. The molecule has 90 valence electrons. The Bertz CT molecular complexity index is 279. The predicted octanol–water partition coefficient (Wildman–Crippen LogP) is -0.143. The summed E-state index contributed by atoms with van der Waals surface area (Å²) in [5, 5.41) is 9.11. The quantitative estimate of drug-likeness (QED) is 0.604. The van der Waals surface area contributed by atoms with E-state index in [1.165, 1.54) is 0 Å². The summed E-state index contributed by atoms with van der Waals surface area (Å²) in [6, 6.07) is 0. The second kappa shape index (κ2) is 5.25. The highest BCUT2D eigenvalue weighted by Gasteiger charge is 2.39. The lowest BCUT2D eigenvalue weighted by molar-refractivity contribution is 0.110. The van der Waals surface area contributed by atoms with Gasteiger partial charge in [-0.05, 0) is 26.2 Å². The first-order valence-corrected chi connectivity index (χ1v) is 6.89. The van der Waals surface area contributed by atoms with Crippen LogP contribution in [-0.2, 0) is 14.8 Å². The lowest BCUT2D eigenvalue weighted by atomic mass is 9.78. The smallest absolute Gasteiger partial charge is 0.214 e. The van der Waals surface area contributed by atoms with E-state index < -0.39 is 15.6 Å². The van der Waals surface area contributed by atoms with Crippen molar-refractivity contribution in [1.29, 1.82) is 0 Å². The third kappa shape index (κ3) is 3.71. The van der Waals surface area contributed by atoms with Crippen molar-refractivity contribution in [3.63, 3.8) is 0 Å². The van der Waals surface area contributed by atoms with Crippen LogP contribution in [-0.4, -0.2) is 44.6 Å². The van der Waals surface area contributed by atoms with Gasteiger partial charge in [0.2, 0.25) is 10.0 Å². The van der Waals surface area contributed by atoms with E-state index in [0.717, 1.165) is 19.3 Å². The Labute approximate surface area is 90.9 Å². The molecule has 6 heteroatoms. The number of aliphatic hydroxyl groups excluding tert-OH is 1. The van der Waals surface area contributed by atoms with Gasteiger partial charge in [-0.3, -0.25) is 0 Å². The van der Waals surface area contributed by atoms with Crippen molar-refractivity contribution in [2.45, 2.75) is 31.7 Å². The maximum Gasteiger partial charge on any atom is 0.214 e. The van der Waals surface area contributed by atoms with Crippen molar-refractivity contribution in [3.8, 4) is 0 Å². The zero-order valence-corrected chi connectivity index (χ0v) is 9.85. The van der Waals surface area contributed by atoms with Gasteiger partial charge in [0.05, 0.1) is 24.5 Å². The van der Waals surface area contributed by atoms with Crippen LogP contribution in [0.2, 0.25) is 0 Å². The van der Waals surface area contributed by atoms with Gasteiger partial charge >= 0.3 is 0 Å². The number of hydrogen-bond acceptors (Lipinski definition) is 4. The minimum atomic E-state index is -3.32. The second-order valence-electron chi connectivity index (χ2n) is 3.91. The van der Waals surface area contributed by atoms with E-state index >= 15 is 0 Å². The Balaban J connectivity index is 2.41. The van der Waals surface area contributed by atoms with Crippen molar-refractivity contribution < 1.29 is 18.3 Å². The van der Waals surface area contributed by atoms with Crippen LogP contribution in [0.25, 0.3) is 0 Å². The molecule has 0 spiro atoms. The highest BCUT2D eigenvalue weighted by atomic mass is 32.2. The molecule has 0 aromatic rings. The van der Waals surface area contributed by atoms with Crippen LogP contribution in [0, 0.1) is 0 Å². The van der Waals surface area contributed by atoms with Gasteiger partial charge in [-0.25, -0.2) is 13.1 Å². The summed E-state index contributed by atoms with van der Waals surface area (Å²) in [7, 11) is -3.32. The average Bonchev–Trinajstić information content (AvgIpc) is 2.12.